The monoisotopic (exact) mass is 282 g/mol. The minimum atomic E-state index is -0.144. The van der Waals surface area contributed by atoms with E-state index in [0.29, 0.717) is 6.54 Å². The highest BCUT2D eigenvalue weighted by Gasteiger charge is 2.34. The van der Waals surface area contributed by atoms with E-state index in [1.807, 2.05) is 14.0 Å². The van der Waals surface area contributed by atoms with E-state index in [-0.39, 0.29) is 11.6 Å². The van der Waals surface area contributed by atoms with Crippen LogP contribution in [-0.4, -0.2) is 53.6 Å². The van der Waals surface area contributed by atoms with E-state index in [0.717, 1.165) is 36.8 Å². The van der Waals surface area contributed by atoms with E-state index < -0.39 is 0 Å². The van der Waals surface area contributed by atoms with Gasteiger partial charge >= 0.3 is 0 Å². The number of morpholine rings is 1. The molecule has 2 heterocycles. The molecule has 1 aliphatic rings. The van der Waals surface area contributed by atoms with Crippen molar-refractivity contribution in [3.8, 4) is 5.88 Å². The Hall–Kier alpha value is -1.11. The molecule has 0 spiro atoms. The normalized spacial score (nSPS) is 20.9. The molecule has 6 nitrogen and oxygen atoms in total. The summed E-state index contributed by atoms with van der Waals surface area (Å²) in [4.78, 5) is 2.37. The molecule has 1 saturated heterocycles. The number of hydrogen-bond acceptors (Lipinski definition) is 5. The van der Waals surface area contributed by atoms with Crippen molar-refractivity contribution in [3.05, 3.63) is 11.3 Å². The molecule has 0 bridgehead atoms. The van der Waals surface area contributed by atoms with Gasteiger partial charge in [-0.3, -0.25) is 4.90 Å². The molecule has 2 N–H and O–H groups in total. The Morgan fingerprint density at radius 3 is 2.75 bits per heavy atom. The number of methoxy groups -OCH3 is 1. The largest absolute Gasteiger partial charge is 0.481 e. The van der Waals surface area contributed by atoms with Gasteiger partial charge < -0.3 is 15.2 Å². The first-order chi connectivity index (χ1) is 9.39. The van der Waals surface area contributed by atoms with Gasteiger partial charge in [-0.1, -0.05) is 0 Å². The Kier molecular flexibility index (Phi) is 4.36. The first-order valence-electron chi connectivity index (χ1n) is 7.05. The molecular weight excluding hydrogens is 256 g/mol. The Morgan fingerprint density at radius 1 is 1.50 bits per heavy atom. The van der Waals surface area contributed by atoms with E-state index in [2.05, 4.69) is 23.8 Å². The fourth-order valence-corrected chi connectivity index (χ4v) is 3.05. The first kappa shape index (κ1) is 15.3. The van der Waals surface area contributed by atoms with E-state index >= 15 is 0 Å². The standard InChI is InChI=1S/C14H26N4O2/c1-10-12(13(19-5)17(4)16-10)11(8-15)18-6-7-20-14(2,3)9-18/h11H,6-9,15H2,1-5H3. The summed E-state index contributed by atoms with van der Waals surface area (Å²) in [6.45, 7) is 9.23. The zero-order valence-electron chi connectivity index (χ0n) is 13.1. The highest BCUT2D eigenvalue weighted by Crippen LogP contribution is 2.33. The summed E-state index contributed by atoms with van der Waals surface area (Å²) in [5.41, 5.74) is 7.98. The molecule has 1 fully saturated rings. The fourth-order valence-electron chi connectivity index (χ4n) is 3.05. The third-order valence-corrected chi connectivity index (χ3v) is 3.86. The molecule has 0 saturated carbocycles. The van der Waals surface area contributed by atoms with Crippen LogP contribution in [0.4, 0.5) is 0 Å². The van der Waals surface area contributed by atoms with Crippen molar-refractivity contribution in [2.45, 2.75) is 32.4 Å². The maximum Gasteiger partial charge on any atom is 0.216 e. The second-order valence-electron chi connectivity index (χ2n) is 5.96. The summed E-state index contributed by atoms with van der Waals surface area (Å²) >= 11 is 0. The molecule has 1 unspecified atom stereocenters. The van der Waals surface area contributed by atoms with Crippen LogP contribution in [-0.2, 0) is 11.8 Å². The van der Waals surface area contributed by atoms with Crippen molar-refractivity contribution in [2.24, 2.45) is 12.8 Å². The van der Waals surface area contributed by atoms with Crippen molar-refractivity contribution in [2.75, 3.05) is 33.4 Å². The Labute approximate surface area is 120 Å². The van der Waals surface area contributed by atoms with Gasteiger partial charge in [0.05, 0.1) is 36.6 Å². The average Bonchev–Trinajstić information content (AvgIpc) is 2.64. The number of rotatable bonds is 4. The predicted molar refractivity (Wildman–Crippen MR) is 77.9 cm³/mol. The molecule has 6 heteroatoms. The number of hydrogen-bond donors (Lipinski definition) is 1. The third-order valence-electron chi connectivity index (χ3n) is 3.86. The van der Waals surface area contributed by atoms with Gasteiger partial charge in [0.2, 0.25) is 5.88 Å². The van der Waals surface area contributed by atoms with Crippen LogP contribution in [0.1, 0.15) is 31.1 Å². The maximum atomic E-state index is 6.05. The Morgan fingerprint density at radius 2 is 2.20 bits per heavy atom. The molecule has 114 valence electrons. The number of nitrogens with two attached hydrogens (primary N) is 1. The lowest BCUT2D eigenvalue weighted by Crippen LogP contribution is -2.50. The number of aryl methyl sites for hydroxylation is 2. The number of ether oxygens (including phenoxy) is 2. The second-order valence-corrected chi connectivity index (χ2v) is 5.96. The average molecular weight is 282 g/mol. The summed E-state index contributed by atoms with van der Waals surface area (Å²) in [7, 11) is 3.57. The van der Waals surface area contributed by atoms with Gasteiger partial charge in [-0.15, -0.1) is 0 Å². The summed E-state index contributed by atoms with van der Waals surface area (Å²) in [5, 5.41) is 4.46. The van der Waals surface area contributed by atoms with Gasteiger partial charge in [0.1, 0.15) is 0 Å². The zero-order chi connectivity index (χ0) is 14.9. The molecule has 1 aromatic heterocycles. The lowest BCUT2D eigenvalue weighted by molar-refractivity contribution is -0.0969. The molecule has 0 aliphatic carbocycles. The Balaban J connectivity index is 2.33. The van der Waals surface area contributed by atoms with Gasteiger partial charge in [-0.2, -0.15) is 5.10 Å². The molecular formula is C14H26N4O2. The van der Waals surface area contributed by atoms with Crippen LogP contribution in [0.2, 0.25) is 0 Å². The molecule has 20 heavy (non-hydrogen) atoms. The zero-order valence-corrected chi connectivity index (χ0v) is 13.1. The fraction of sp³-hybridized carbons (Fsp3) is 0.786. The number of nitrogens with zero attached hydrogens (tertiary/aromatic N) is 3. The van der Waals surface area contributed by atoms with Crippen molar-refractivity contribution in [1.82, 2.24) is 14.7 Å². The molecule has 1 aromatic rings. The summed E-state index contributed by atoms with van der Waals surface area (Å²) in [5.74, 6) is 0.794. The minimum Gasteiger partial charge on any atom is -0.481 e. The van der Waals surface area contributed by atoms with Crippen LogP contribution < -0.4 is 10.5 Å². The van der Waals surface area contributed by atoms with Gasteiger partial charge in [0.15, 0.2) is 0 Å². The third kappa shape index (κ3) is 2.82. The molecule has 0 radical (unpaired) electrons. The summed E-state index contributed by atoms with van der Waals surface area (Å²) in [6, 6.07) is 0.113. The van der Waals surface area contributed by atoms with Crippen LogP contribution in [0.3, 0.4) is 0 Å². The van der Waals surface area contributed by atoms with E-state index in [9.17, 15) is 0 Å². The predicted octanol–water partition coefficient (Wildman–Crippen LogP) is 0.848. The minimum absolute atomic E-state index is 0.113. The quantitative estimate of drug-likeness (QED) is 0.887. The van der Waals surface area contributed by atoms with Crippen LogP contribution in [0.15, 0.2) is 0 Å². The van der Waals surface area contributed by atoms with Crippen molar-refractivity contribution >= 4 is 0 Å². The Bertz CT molecular complexity index is 470. The molecule has 2 rings (SSSR count). The molecule has 1 atom stereocenters. The van der Waals surface area contributed by atoms with Gasteiger partial charge in [-0.25, -0.2) is 4.68 Å². The van der Waals surface area contributed by atoms with Crippen LogP contribution in [0.25, 0.3) is 0 Å². The van der Waals surface area contributed by atoms with Gasteiger partial charge in [0, 0.05) is 26.7 Å². The smallest absolute Gasteiger partial charge is 0.216 e. The van der Waals surface area contributed by atoms with Crippen LogP contribution >= 0.6 is 0 Å². The first-order valence-corrected chi connectivity index (χ1v) is 7.05. The molecule has 0 amide bonds. The van der Waals surface area contributed by atoms with Crippen molar-refractivity contribution < 1.29 is 9.47 Å². The topological polar surface area (TPSA) is 65.5 Å². The lowest BCUT2D eigenvalue weighted by atomic mass is 10.0. The van der Waals surface area contributed by atoms with Gasteiger partial charge in [-0.05, 0) is 20.8 Å². The SMILES string of the molecule is COc1c(C(CN)N2CCOC(C)(C)C2)c(C)nn1C. The van der Waals surface area contributed by atoms with E-state index in [4.69, 9.17) is 15.2 Å². The van der Waals surface area contributed by atoms with E-state index in [1.54, 1.807) is 11.8 Å². The maximum absolute atomic E-state index is 6.05. The highest BCUT2D eigenvalue weighted by atomic mass is 16.5. The molecule has 1 aliphatic heterocycles. The van der Waals surface area contributed by atoms with E-state index in [1.165, 1.54) is 0 Å². The summed E-state index contributed by atoms with van der Waals surface area (Å²) in [6.07, 6.45) is 0. The lowest BCUT2D eigenvalue weighted by Gasteiger charge is -2.42. The van der Waals surface area contributed by atoms with Crippen molar-refractivity contribution in [3.63, 3.8) is 0 Å². The summed E-state index contributed by atoms with van der Waals surface area (Å²) < 4.78 is 13.1. The molecule has 0 aromatic carbocycles. The van der Waals surface area contributed by atoms with Crippen LogP contribution in [0, 0.1) is 6.92 Å². The number of aromatic nitrogens is 2. The van der Waals surface area contributed by atoms with Crippen LogP contribution in [0.5, 0.6) is 5.88 Å². The van der Waals surface area contributed by atoms with Gasteiger partial charge in [0.25, 0.3) is 0 Å². The highest BCUT2D eigenvalue weighted by molar-refractivity contribution is 5.34. The van der Waals surface area contributed by atoms with Crippen molar-refractivity contribution in [1.29, 1.82) is 0 Å². The second kappa shape index (κ2) is 5.71.